The SMILES string of the molecule is O=C(NC[C@@H](O)c1ccccc1F)Nc1cnn(C[C@H]2CCCO2)c1. The van der Waals surface area contributed by atoms with Crippen molar-refractivity contribution in [2.45, 2.75) is 31.6 Å². The molecule has 3 N–H and O–H groups in total. The van der Waals surface area contributed by atoms with Gasteiger partial charge in [0.15, 0.2) is 0 Å². The number of hydrogen-bond donors (Lipinski definition) is 3. The minimum atomic E-state index is -1.12. The number of nitrogens with zero attached hydrogens (tertiary/aromatic N) is 2. The average molecular weight is 348 g/mol. The lowest BCUT2D eigenvalue weighted by molar-refractivity contribution is 0.0940. The van der Waals surface area contributed by atoms with Gasteiger partial charge in [-0.3, -0.25) is 4.68 Å². The molecule has 7 nitrogen and oxygen atoms in total. The van der Waals surface area contributed by atoms with Crippen LogP contribution in [0, 0.1) is 5.82 Å². The monoisotopic (exact) mass is 348 g/mol. The van der Waals surface area contributed by atoms with Gasteiger partial charge >= 0.3 is 6.03 Å². The number of amides is 2. The Labute approximate surface area is 144 Å². The van der Waals surface area contributed by atoms with Gasteiger partial charge in [0.25, 0.3) is 0 Å². The fourth-order valence-electron chi connectivity index (χ4n) is 2.74. The summed E-state index contributed by atoms with van der Waals surface area (Å²) < 4.78 is 20.8. The number of aromatic nitrogens is 2. The molecule has 1 fully saturated rings. The maximum absolute atomic E-state index is 13.6. The fraction of sp³-hybridized carbons (Fsp3) is 0.412. The van der Waals surface area contributed by atoms with E-state index >= 15 is 0 Å². The van der Waals surface area contributed by atoms with E-state index in [-0.39, 0.29) is 18.2 Å². The summed E-state index contributed by atoms with van der Waals surface area (Å²) in [6, 6.07) is 5.42. The number of carbonyl (C=O) groups excluding carboxylic acids is 1. The molecule has 0 bridgehead atoms. The summed E-state index contributed by atoms with van der Waals surface area (Å²) in [5.41, 5.74) is 0.683. The van der Waals surface area contributed by atoms with Gasteiger partial charge in [-0.05, 0) is 18.9 Å². The van der Waals surface area contributed by atoms with E-state index in [1.54, 1.807) is 29.2 Å². The Morgan fingerprint density at radius 3 is 3.08 bits per heavy atom. The number of anilines is 1. The van der Waals surface area contributed by atoms with Gasteiger partial charge in [-0.2, -0.15) is 5.10 Å². The molecule has 2 amide bonds. The first-order valence-electron chi connectivity index (χ1n) is 8.23. The maximum Gasteiger partial charge on any atom is 0.319 e. The van der Waals surface area contributed by atoms with Crippen LogP contribution in [0.1, 0.15) is 24.5 Å². The molecule has 0 unspecified atom stereocenters. The fourth-order valence-corrected chi connectivity index (χ4v) is 2.74. The Kier molecular flexibility index (Phi) is 5.62. The third-order valence-corrected chi connectivity index (χ3v) is 4.03. The largest absolute Gasteiger partial charge is 0.386 e. The number of urea groups is 1. The minimum absolute atomic E-state index is 0.100. The molecular weight excluding hydrogens is 327 g/mol. The van der Waals surface area contributed by atoms with E-state index in [0.29, 0.717) is 12.2 Å². The molecular formula is C17H21FN4O3. The van der Waals surface area contributed by atoms with Crippen LogP contribution in [0.15, 0.2) is 36.7 Å². The lowest BCUT2D eigenvalue weighted by Crippen LogP contribution is -2.32. The zero-order chi connectivity index (χ0) is 17.6. The lowest BCUT2D eigenvalue weighted by atomic mass is 10.1. The smallest absolute Gasteiger partial charge is 0.319 e. The van der Waals surface area contributed by atoms with E-state index in [9.17, 15) is 14.3 Å². The average Bonchev–Trinajstić information content (AvgIpc) is 3.26. The van der Waals surface area contributed by atoms with Gasteiger partial charge in [0.2, 0.25) is 0 Å². The third kappa shape index (κ3) is 4.77. The number of aliphatic hydroxyl groups is 1. The summed E-state index contributed by atoms with van der Waals surface area (Å²) in [5, 5.41) is 19.3. The molecule has 0 aliphatic carbocycles. The first-order chi connectivity index (χ1) is 12.1. The normalized spacial score (nSPS) is 18.1. The third-order valence-electron chi connectivity index (χ3n) is 4.03. The number of carbonyl (C=O) groups is 1. The van der Waals surface area contributed by atoms with Crippen LogP contribution in [0.5, 0.6) is 0 Å². The van der Waals surface area contributed by atoms with Crippen LogP contribution in [-0.2, 0) is 11.3 Å². The molecule has 134 valence electrons. The predicted octanol–water partition coefficient (Wildman–Crippen LogP) is 2.06. The molecule has 1 saturated heterocycles. The highest BCUT2D eigenvalue weighted by Gasteiger charge is 2.17. The van der Waals surface area contributed by atoms with E-state index < -0.39 is 18.0 Å². The summed E-state index contributed by atoms with van der Waals surface area (Å²) in [6.07, 6.45) is 4.38. The maximum atomic E-state index is 13.6. The van der Waals surface area contributed by atoms with Crippen molar-refractivity contribution in [1.82, 2.24) is 15.1 Å². The molecule has 8 heteroatoms. The highest BCUT2D eigenvalue weighted by molar-refractivity contribution is 5.88. The number of halogens is 1. The second-order valence-electron chi connectivity index (χ2n) is 5.96. The van der Waals surface area contributed by atoms with Crippen LogP contribution in [0.2, 0.25) is 0 Å². The minimum Gasteiger partial charge on any atom is -0.386 e. The Morgan fingerprint density at radius 2 is 2.32 bits per heavy atom. The van der Waals surface area contributed by atoms with Gasteiger partial charge in [0.1, 0.15) is 5.82 Å². The molecule has 25 heavy (non-hydrogen) atoms. The molecule has 3 rings (SSSR count). The number of hydrogen-bond acceptors (Lipinski definition) is 4. The first-order valence-corrected chi connectivity index (χ1v) is 8.23. The van der Waals surface area contributed by atoms with E-state index in [4.69, 9.17) is 4.74 Å². The molecule has 2 atom stereocenters. The number of benzene rings is 1. The summed E-state index contributed by atoms with van der Waals surface area (Å²) in [5.74, 6) is -0.507. The van der Waals surface area contributed by atoms with Crippen LogP contribution in [0.25, 0.3) is 0 Å². The summed E-state index contributed by atoms with van der Waals surface area (Å²) >= 11 is 0. The van der Waals surface area contributed by atoms with Gasteiger partial charge in [-0.1, -0.05) is 18.2 Å². The molecule has 2 aromatic rings. The number of aliphatic hydroxyl groups excluding tert-OH is 1. The van der Waals surface area contributed by atoms with Crippen LogP contribution in [0.3, 0.4) is 0 Å². The van der Waals surface area contributed by atoms with E-state index in [0.717, 1.165) is 19.4 Å². The van der Waals surface area contributed by atoms with Crippen LogP contribution in [0.4, 0.5) is 14.9 Å². The van der Waals surface area contributed by atoms with E-state index in [1.807, 2.05) is 0 Å². The Balaban J connectivity index is 1.46. The topological polar surface area (TPSA) is 88.4 Å². The van der Waals surface area contributed by atoms with Crippen molar-refractivity contribution in [2.75, 3.05) is 18.5 Å². The van der Waals surface area contributed by atoms with E-state index in [1.165, 1.54) is 12.1 Å². The standard InChI is InChI=1S/C17H21FN4O3/c18-15-6-2-1-5-14(15)16(23)9-19-17(24)21-12-8-20-22(10-12)11-13-4-3-7-25-13/h1-2,5-6,8,10,13,16,23H,3-4,7,9,11H2,(H2,19,21,24)/t13-,16-/m1/s1. The predicted molar refractivity (Wildman–Crippen MR) is 89.6 cm³/mol. The van der Waals surface area contributed by atoms with Crippen molar-refractivity contribution in [3.63, 3.8) is 0 Å². The van der Waals surface area contributed by atoms with Gasteiger partial charge in [0, 0.05) is 24.9 Å². The van der Waals surface area contributed by atoms with Crippen LogP contribution < -0.4 is 10.6 Å². The zero-order valence-electron chi connectivity index (χ0n) is 13.7. The molecule has 2 heterocycles. The molecule has 1 aromatic heterocycles. The Hall–Kier alpha value is -2.45. The van der Waals surface area contributed by atoms with Crippen molar-refractivity contribution in [2.24, 2.45) is 0 Å². The summed E-state index contributed by atoms with van der Waals surface area (Å²) in [4.78, 5) is 11.9. The Bertz CT molecular complexity index is 715. The molecule has 1 aliphatic rings. The van der Waals surface area contributed by atoms with Crippen molar-refractivity contribution in [3.8, 4) is 0 Å². The van der Waals surface area contributed by atoms with Gasteiger partial charge < -0.3 is 20.5 Å². The second kappa shape index (κ2) is 8.09. The van der Waals surface area contributed by atoms with Crippen LogP contribution in [-0.4, -0.2) is 40.2 Å². The van der Waals surface area contributed by atoms with Crippen molar-refractivity contribution >= 4 is 11.7 Å². The molecule has 1 aliphatic heterocycles. The quantitative estimate of drug-likeness (QED) is 0.745. The number of nitrogens with one attached hydrogen (secondary N) is 2. The highest BCUT2D eigenvalue weighted by Crippen LogP contribution is 2.16. The zero-order valence-corrected chi connectivity index (χ0v) is 13.7. The van der Waals surface area contributed by atoms with Crippen molar-refractivity contribution < 1.29 is 19.0 Å². The van der Waals surface area contributed by atoms with Gasteiger partial charge in [-0.15, -0.1) is 0 Å². The number of ether oxygens (including phenoxy) is 1. The summed E-state index contributed by atoms with van der Waals surface area (Å²) in [7, 11) is 0. The van der Waals surface area contributed by atoms with Crippen molar-refractivity contribution in [1.29, 1.82) is 0 Å². The highest BCUT2D eigenvalue weighted by atomic mass is 19.1. The second-order valence-corrected chi connectivity index (χ2v) is 5.96. The lowest BCUT2D eigenvalue weighted by Gasteiger charge is -2.13. The van der Waals surface area contributed by atoms with E-state index in [2.05, 4.69) is 15.7 Å². The number of rotatable bonds is 6. The first kappa shape index (κ1) is 17.4. The molecule has 0 saturated carbocycles. The molecule has 0 radical (unpaired) electrons. The van der Waals surface area contributed by atoms with Gasteiger partial charge in [0.05, 0.1) is 30.6 Å². The van der Waals surface area contributed by atoms with Crippen molar-refractivity contribution in [3.05, 3.63) is 48.0 Å². The Morgan fingerprint density at radius 1 is 1.48 bits per heavy atom. The summed E-state index contributed by atoms with van der Waals surface area (Å²) in [6.45, 7) is 1.33. The van der Waals surface area contributed by atoms with Crippen LogP contribution >= 0.6 is 0 Å². The molecule has 1 aromatic carbocycles. The van der Waals surface area contributed by atoms with Gasteiger partial charge in [-0.25, -0.2) is 9.18 Å². The molecule has 0 spiro atoms.